The van der Waals surface area contributed by atoms with Gasteiger partial charge in [-0.15, -0.1) is 0 Å². The lowest BCUT2D eigenvalue weighted by Crippen LogP contribution is -2.32. The van der Waals surface area contributed by atoms with Gasteiger partial charge in [0.2, 0.25) is 0 Å². The van der Waals surface area contributed by atoms with Crippen molar-refractivity contribution in [2.45, 2.75) is 83.6 Å². The molecule has 0 spiro atoms. The molecule has 2 aliphatic rings. The summed E-state index contributed by atoms with van der Waals surface area (Å²) in [6.07, 6.45) is -2.57. The van der Waals surface area contributed by atoms with Gasteiger partial charge in [-0.3, -0.25) is 0 Å². The van der Waals surface area contributed by atoms with E-state index in [1.165, 1.54) is 17.7 Å². The molecule has 2 heterocycles. The number of alkyl halides is 6. The second-order valence-corrected chi connectivity index (χ2v) is 18.8. The number of aliphatic hydroxyl groups is 1. The molecule has 0 unspecified atom stereocenters. The van der Waals surface area contributed by atoms with E-state index < -0.39 is 25.6 Å². The van der Waals surface area contributed by atoms with Crippen LogP contribution in [0.2, 0.25) is 0 Å². The third kappa shape index (κ3) is 18.3. The third-order valence-corrected chi connectivity index (χ3v) is 12.6. The van der Waals surface area contributed by atoms with Crippen molar-refractivity contribution in [3.05, 3.63) is 142 Å². The van der Waals surface area contributed by atoms with Gasteiger partial charge in [-0.2, -0.15) is 36.9 Å². The fourth-order valence-electron chi connectivity index (χ4n) is 9.28. The van der Waals surface area contributed by atoms with Gasteiger partial charge in [0, 0.05) is 45.4 Å². The van der Waals surface area contributed by atoms with Crippen LogP contribution in [0.25, 0.3) is 0 Å². The first-order valence-electron chi connectivity index (χ1n) is 25.5. The predicted molar refractivity (Wildman–Crippen MR) is 277 cm³/mol. The Labute approximate surface area is 440 Å². The van der Waals surface area contributed by atoms with E-state index in [2.05, 4.69) is 46.3 Å². The number of esters is 1. The van der Waals surface area contributed by atoms with Gasteiger partial charge in [0.1, 0.15) is 18.7 Å². The molecule has 2 N–H and O–H groups in total. The SMILES string of the molecule is C[C@@H](CCCOc1ccccc1OCC(F)(F)F)Cc1cc(C#N)c2c(c1)CCN2CCCO.C[C@H](Cc1cc(C#N)c2c(c1)CCN2CCCOC(=O)c1ccccc1)NCCOc1ccccc1OCC(F)(F)F. The maximum Gasteiger partial charge on any atom is 0.422 e. The lowest BCUT2D eigenvalue weighted by atomic mass is 9.93. The Kier molecular flexibility index (Phi) is 21.9. The van der Waals surface area contributed by atoms with E-state index in [1.54, 1.807) is 60.7 Å². The van der Waals surface area contributed by atoms with Crippen LogP contribution in [-0.4, -0.2) is 102 Å². The molecule has 2 aliphatic heterocycles. The molecule has 0 amide bonds. The molecule has 0 aliphatic carbocycles. The molecule has 2 atom stereocenters. The van der Waals surface area contributed by atoms with E-state index in [9.17, 15) is 41.7 Å². The Hall–Kier alpha value is -7.15. The number of nitrogens with one attached hydrogen (secondary N) is 1. The van der Waals surface area contributed by atoms with Gasteiger partial charge in [0.05, 0.1) is 41.3 Å². The number of carbonyl (C=O) groups is 1. The van der Waals surface area contributed by atoms with Crippen LogP contribution in [-0.2, 0) is 30.4 Å². The van der Waals surface area contributed by atoms with Crippen molar-refractivity contribution in [3.8, 4) is 35.1 Å². The molecule has 406 valence electrons. The molecule has 0 radical (unpaired) electrons. The number of ether oxygens (including phenoxy) is 5. The number of carbonyl (C=O) groups excluding carboxylic acids is 1. The van der Waals surface area contributed by atoms with Gasteiger partial charge in [0.25, 0.3) is 0 Å². The van der Waals surface area contributed by atoms with Gasteiger partial charge < -0.3 is 43.9 Å². The molecule has 7 rings (SSSR count). The van der Waals surface area contributed by atoms with Gasteiger partial charge >= 0.3 is 18.3 Å². The highest BCUT2D eigenvalue weighted by Crippen LogP contribution is 2.36. The molecule has 5 aromatic rings. The van der Waals surface area contributed by atoms with Crippen molar-refractivity contribution in [2.24, 2.45) is 5.92 Å². The zero-order valence-corrected chi connectivity index (χ0v) is 42.9. The van der Waals surface area contributed by atoms with Crippen LogP contribution in [0.3, 0.4) is 0 Å². The van der Waals surface area contributed by atoms with Crippen molar-refractivity contribution in [3.63, 3.8) is 0 Å². The fourth-order valence-corrected chi connectivity index (χ4v) is 9.28. The second kappa shape index (κ2) is 28.7. The van der Waals surface area contributed by atoms with Crippen molar-refractivity contribution < 1.29 is 59.9 Å². The summed E-state index contributed by atoms with van der Waals surface area (Å²) in [7, 11) is 0. The number of benzene rings is 5. The summed E-state index contributed by atoms with van der Waals surface area (Å²) in [5.41, 5.74) is 8.33. The second-order valence-electron chi connectivity index (χ2n) is 18.8. The van der Waals surface area contributed by atoms with E-state index in [0.29, 0.717) is 73.9 Å². The van der Waals surface area contributed by atoms with Crippen LogP contribution >= 0.6 is 0 Å². The van der Waals surface area contributed by atoms with Crippen LogP contribution in [0.15, 0.2) is 103 Å². The predicted octanol–water partition coefficient (Wildman–Crippen LogP) is 11.0. The van der Waals surface area contributed by atoms with Crippen molar-refractivity contribution >= 4 is 17.3 Å². The fraction of sp³-hybridized carbons (Fsp3) is 0.431. The van der Waals surface area contributed by atoms with Crippen LogP contribution < -0.4 is 34.1 Å². The summed E-state index contributed by atoms with van der Waals surface area (Å²) in [4.78, 5) is 16.5. The van der Waals surface area contributed by atoms with Crippen LogP contribution in [0.5, 0.6) is 23.0 Å². The molecule has 18 heteroatoms. The number of fused-ring (bicyclic) bond motifs is 2. The molecule has 0 aromatic heterocycles. The highest BCUT2D eigenvalue weighted by atomic mass is 19.4. The Balaban J connectivity index is 0.000000252. The number of hydrogen-bond acceptors (Lipinski definition) is 12. The molecule has 0 bridgehead atoms. The van der Waals surface area contributed by atoms with Crippen molar-refractivity contribution in [1.82, 2.24) is 5.32 Å². The van der Waals surface area contributed by atoms with Crippen molar-refractivity contribution in [2.75, 3.05) is 82.2 Å². The minimum absolute atomic E-state index is 0.0484. The number of hydrogen-bond donors (Lipinski definition) is 2. The minimum Gasteiger partial charge on any atom is -0.490 e. The lowest BCUT2D eigenvalue weighted by molar-refractivity contribution is -0.154. The number of aliphatic hydroxyl groups excluding tert-OH is 1. The summed E-state index contributed by atoms with van der Waals surface area (Å²) in [5.74, 6) is 0.718. The first kappa shape index (κ1) is 58.1. The largest absolute Gasteiger partial charge is 0.490 e. The molecule has 0 saturated carbocycles. The van der Waals surface area contributed by atoms with Gasteiger partial charge in [-0.1, -0.05) is 61.5 Å². The number of rotatable bonds is 26. The van der Waals surface area contributed by atoms with Gasteiger partial charge in [0.15, 0.2) is 36.2 Å². The number of anilines is 2. The van der Waals surface area contributed by atoms with Crippen LogP contribution in [0.4, 0.5) is 37.7 Å². The Morgan fingerprint density at radius 3 is 1.64 bits per heavy atom. The maximum absolute atomic E-state index is 12.5. The van der Waals surface area contributed by atoms with Gasteiger partial charge in [-0.25, -0.2) is 4.79 Å². The quantitative estimate of drug-likeness (QED) is 0.0308. The molecule has 0 fully saturated rings. The van der Waals surface area contributed by atoms with Crippen LogP contribution in [0.1, 0.15) is 83.3 Å². The standard InChI is InChI=1S/C32H34F3N3O4.C26H31F3N2O3/c1-23(37-13-17-40-28-10-5-6-11-29(28)42-22-32(33,34)35)18-24-19-26-12-15-38(30(26)27(20-24)21-36)14-7-16-41-31(39)25-8-3-2-4-9-25;1-19(6-4-13-33-23-7-2-3-8-24(23)34-18-26(27,28)29)14-20-15-21-9-11-31(10-5-12-32)25(21)22(16-20)17-30/h2-6,8-11,19-20,23,37H,7,12-18,22H2,1H3;2-3,7-8,15-16,19,32H,4-6,9-14,18H2,1H3/t23-;19-/m10/s1. The Morgan fingerprint density at radius 1 is 0.645 bits per heavy atom. The number of nitrogens with zero attached hydrogens (tertiary/aromatic N) is 4. The summed E-state index contributed by atoms with van der Waals surface area (Å²) >= 11 is 0. The van der Waals surface area contributed by atoms with E-state index >= 15 is 0 Å². The van der Waals surface area contributed by atoms with Gasteiger partial charge in [-0.05, 0) is 135 Å². The number of nitriles is 2. The Morgan fingerprint density at radius 2 is 1.13 bits per heavy atom. The monoisotopic (exact) mass is 1060 g/mol. The average Bonchev–Trinajstić information content (AvgIpc) is 4.02. The zero-order chi connectivity index (χ0) is 54.5. The van der Waals surface area contributed by atoms with E-state index in [1.807, 2.05) is 25.1 Å². The smallest absolute Gasteiger partial charge is 0.422 e. The topological polar surface area (TPSA) is 150 Å². The maximum atomic E-state index is 12.5. The lowest BCUT2D eigenvalue weighted by Gasteiger charge is -2.21. The summed E-state index contributed by atoms with van der Waals surface area (Å²) in [6, 6.07) is 34.5. The summed E-state index contributed by atoms with van der Waals surface area (Å²) < 4.78 is 101. The molecule has 76 heavy (non-hydrogen) atoms. The first-order chi connectivity index (χ1) is 36.5. The van der Waals surface area contributed by atoms with E-state index in [-0.39, 0.29) is 42.5 Å². The molecular weight excluding hydrogens is 993 g/mol. The Bertz CT molecular complexity index is 2730. The highest BCUT2D eigenvalue weighted by molar-refractivity contribution is 5.89. The normalized spacial score (nSPS) is 13.6. The third-order valence-electron chi connectivity index (χ3n) is 12.6. The average molecular weight is 1060 g/mol. The van der Waals surface area contributed by atoms with Crippen LogP contribution in [0, 0.1) is 28.6 Å². The van der Waals surface area contributed by atoms with E-state index in [4.69, 9.17) is 28.8 Å². The summed E-state index contributed by atoms with van der Waals surface area (Å²) in [6.45, 7) is 6.11. The zero-order valence-electron chi connectivity index (χ0n) is 42.9. The molecule has 5 aromatic carbocycles. The van der Waals surface area contributed by atoms with Crippen molar-refractivity contribution in [1.29, 1.82) is 10.5 Å². The first-order valence-corrected chi connectivity index (χ1v) is 25.5. The highest BCUT2D eigenvalue weighted by Gasteiger charge is 2.30. The number of para-hydroxylation sites is 4. The number of halogens is 6. The molecule has 0 saturated heterocycles. The molecular formula is C58H65F6N5O7. The molecule has 12 nitrogen and oxygen atoms in total. The minimum atomic E-state index is -4.43. The van der Waals surface area contributed by atoms with E-state index in [0.717, 1.165) is 79.8 Å². The summed E-state index contributed by atoms with van der Waals surface area (Å²) in [5, 5.41) is 32.0.